The molecular weight excluding hydrogens is 264 g/mol. The molecule has 0 spiro atoms. The molecule has 0 aliphatic carbocycles. The largest absolute Gasteiger partial charge is 0.481 e. The number of piperazine rings is 1. The molecule has 1 aliphatic heterocycles. The van der Waals surface area contributed by atoms with Gasteiger partial charge in [-0.15, -0.1) is 0 Å². The summed E-state index contributed by atoms with van der Waals surface area (Å²) in [5.74, 6) is -0.0234. The topological polar surface area (TPSA) is 43.8 Å². The van der Waals surface area contributed by atoms with Crippen molar-refractivity contribution in [1.29, 1.82) is 0 Å². The summed E-state index contributed by atoms with van der Waals surface area (Å²) < 4.78 is 0. The molecular formula is C17H36N2O2. The van der Waals surface area contributed by atoms with Crippen LogP contribution in [0.1, 0.15) is 60.3 Å². The molecule has 1 rings (SSSR count). The molecule has 1 heterocycles. The highest BCUT2D eigenvalue weighted by Gasteiger charge is 2.27. The van der Waals surface area contributed by atoms with Gasteiger partial charge in [-0.05, 0) is 25.3 Å². The summed E-state index contributed by atoms with van der Waals surface area (Å²) in [6.45, 7) is 16.2. The van der Waals surface area contributed by atoms with Crippen molar-refractivity contribution in [2.75, 3.05) is 32.7 Å². The first kappa shape index (κ1) is 20.4. The molecule has 1 fully saturated rings. The minimum Gasteiger partial charge on any atom is -0.481 e. The van der Waals surface area contributed by atoms with E-state index in [1.54, 1.807) is 0 Å². The zero-order valence-electron chi connectivity index (χ0n) is 14.8. The maximum atomic E-state index is 10.8. The fourth-order valence-corrected chi connectivity index (χ4v) is 2.82. The third-order valence-corrected chi connectivity index (χ3v) is 3.81. The molecule has 1 saturated heterocycles. The number of aliphatic carboxylic acids is 1. The van der Waals surface area contributed by atoms with Crippen molar-refractivity contribution in [3.05, 3.63) is 0 Å². The van der Waals surface area contributed by atoms with E-state index in [1.165, 1.54) is 12.8 Å². The fourth-order valence-electron chi connectivity index (χ4n) is 2.82. The molecule has 0 aromatic carbocycles. The smallest absolute Gasteiger partial charge is 0.303 e. The zero-order chi connectivity index (χ0) is 16.3. The van der Waals surface area contributed by atoms with E-state index in [4.69, 9.17) is 5.11 Å². The van der Waals surface area contributed by atoms with Crippen molar-refractivity contribution in [1.82, 2.24) is 9.80 Å². The van der Waals surface area contributed by atoms with E-state index in [9.17, 15) is 4.79 Å². The van der Waals surface area contributed by atoms with Crippen LogP contribution in [0.15, 0.2) is 0 Å². The Balaban J connectivity index is 0.00000191. The van der Waals surface area contributed by atoms with E-state index in [1.807, 2.05) is 13.8 Å². The normalized spacial score (nSPS) is 20.2. The van der Waals surface area contributed by atoms with Gasteiger partial charge in [-0.2, -0.15) is 0 Å². The summed E-state index contributed by atoms with van der Waals surface area (Å²) in [5.41, 5.74) is 0. The average Bonchev–Trinajstić information content (AvgIpc) is 2.46. The monoisotopic (exact) mass is 300 g/mol. The van der Waals surface area contributed by atoms with Crippen LogP contribution in [0.3, 0.4) is 0 Å². The van der Waals surface area contributed by atoms with Gasteiger partial charge in [0, 0.05) is 38.6 Å². The number of carboxylic acid groups (broad SMARTS) is 1. The second kappa shape index (κ2) is 12.0. The summed E-state index contributed by atoms with van der Waals surface area (Å²) in [5, 5.41) is 8.89. The Kier molecular flexibility index (Phi) is 11.6. The number of hydrogen-bond acceptors (Lipinski definition) is 3. The van der Waals surface area contributed by atoms with Crippen molar-refractivity contribution in [2.45, 2.75) is 66.3 Å². The van der Waals surface area contributed by atoms with Crippen LogP contribution in [0, 0.1) is 5.92 Å². The minimum atomic E-state index is -0.671. The third-order valence-electron chi connectivity index (χ3n) is 3.81. The molecule has 0 aromatic rings. The number of rotatable bonds is 8. The minimum absolute atomic E-state index is 0.293. The van der Waals surface area contributed by atoms with Gasteiger partial charge in [-0.3, -0.25) is 9.69 Å². The van der Waals surface area contributed by atoms with E-state index in [0.717, 1.165) is 39.1 Å². The van der Waals surface area contributed by atoms with Crippen molar-refractivity contribution >= 4 is 5.97 Å². The molecule has 0 amide bonds. The molecule has 0 bridgehead atoms. The molecule has 1 atom stereocenters. The maximum Gasteiger partial charge on any atom is 0.303 e. The highest BCUT2D eigenvalue weighted by Crippen LogP contribution is 2.17. The van der Waals surface area contributed by atoms with Gasteiger partial charge in [0.15, 0.2) is 0 Å². The van der Waals surface area contributed by atoms with E-state index < -0.39 is 5.97 Å². The van der Waals surface area contributed by atoms with Crippen LogP contribution in [-0.2, 0) is 4.79 Å². The summed E-state index contributed by atoms with van der Waals surface area (Å²) in [6.07, 6.45) is 3.55. The Morgan fingerprint density at radius 3 is 2.48 bits per heavy atom. The first-order chi connectivity index (χ1) is 10.0. The van der Waals surface area contributed by atoms with Gasteiger partial charge in [0.25, 0.3) is 0 Å². The lowest BCUT2D eigenvalue weighted by Gasteiger charge is -2.42. The summed E-state index contributed by atoms with van der Waals surface area (Å²) in [7, 11) is 0. The Morgan fingerprint density at radius 1 is 1.29 bits per heavy atom. The fraction of sp³-hybridized carbons (Fsp3) is 0.941. The van der Waals surface area contributed by atoms with Gasteiger partial charge in [-0.1, -0.05) is 41.0 Å². The van der Waals surface area contributed by atoms with Gasteiger partial charge in [0.1, 0.15) is 0 Å². The predicted molar refractivity (Wildman–Crippen MR) is 89.8 cm³/mol. The Hall–Kier alpha value is -0.610. The quantitative estimate of drug-likeness (QED) is 0.747. The number of carbonyl (C=O) groups is 1. The lowest BCUT2D eigenvalue weighted by Crippen LogP contribution is -2.54. The van der Waals surface area contributed by atoms with Crippen molar-refractivity contribution < 1.29 is 9.90 Å². The first-order valence-electron chi connectivity index (χ1n) is 8.71. The number of carboxylic acids is 1. The van der Waals surface area contributed by atoms with Gasteiger partial charge in [0.05, 0.1) is 0 Å². The first-order valence-corrected chi connectivity index (χ1v) is 8.71. The Morgan fingerprint density at radius 2 is 1.95 bits per heavy atom. The second-order valence-electron chi connectivity index (χ2n) is 6.13. The Bertz CT molecular complexity index is 270. The van der Waals surface area contributed by atoms with Crippen LogP contribution in [0.25, 0.3) is 0 Å². The standard InChI is InChI=1S/C15H30N2O2.C2H6/c1-4-5-8-16-9-10-17(11-13(2)3)14(12-16)6-7-15(18)19;1-2/h13-14H,4-12H2,1-3H3,(H,18,19);1-2H3. The highest BCUT2D eigenvalue weighted by atomic mass is 16.4. The van der Waals surface area contributed by atoms with Crippen molar-refractivity contribution in [3.8, 4) is 0 Å². The van der Waals surface area contributed by atoms with E-state index >= 15 is 0 Å². The SMILES string of the molecule is CC.CCCCN1CCN(CC(C)C)C(CCC(=O)O)C1. The van der Waals surface area contributed by atoms with Gasteiger partial charge >= 0.3 is 5.97 Å². The average molecular weight is 300 g/mol. The lowest BCUT2D eigenvalue weighted by molar-refractivity contribution is -0.137. The molecule has 0 saturated carbocycles. The van der Waals surface area contributed by atoms with Crippen LogP contribution in [0.4, 0.5) is 0 Å². The predicted octanol–water partition coefficient (Wildman–Crippen LogP) is 3.32. The van der Waals surface area contributed by atoms with E-state index in [2.05, 4.69) is 30.6 Å². The van der Waals surface area contributed by atoms with Crippen LogP contribution < -0.4 is 0 Å². The molecule has 0 aromatic heterocycles. The molecule has 0 radical (unpaired) electrons. The van der Waals surface area contributed by atoms with E-state index in [0.29, 0.717) is 18.4 Å². The zero-order valence-corrected chi connectivity index (χ0v) is 14.8. The molecule has 1 aliphatic rings. The van der Waals surface area contributed by atoms with Crippen molar-refractivity contribution in [3.63, 3.8) is 0 Å². The summed E-state index contributed by atoms with van der Waals surface area (Å²) in [4.78, 5) is 15.8. The van der Waals surface area contributed by atoms with Crippen LogP contribution in [-0.4, -0.2) is 59.6 Å². The van der Waals surface area contributed by atoms with Gasteiger partial charge < -0.3 is 10.0 Å². The highest BCUT2D eigenvalue weighted by molar-refractivity contribution is 5.66. The Labute approximate surface area is 131 Å². The maximum absolute atomic E-state index is 10.8. The molecule has 4 heteroatoms. The van der Waals surface area contributed by atoms with E-state index in [-0.39, 0.29) is 0 Å². The van der Waals surface area contributed by atoms with Crippen LogP contribution >= 0.6 is 0 Å². The third kappa shape index (κ3) is 9.10. The van der Waals surface area contributed by atoms with Gasteiger partial charge in [0.2, 0.25) is 0 Å². The second-order valence-corrected chi connectivity index (χ2v) is 6.13. The summed E-state index contributed by atoms with van der Waals surface area (Å²) >= 11 is 0. The van der Waals surface area contributed by atoms with Crippen LogP contribution in [0.2, 0.25) is 0 Å². The van der Waals surface area contributed by atoms with Crippen molar-refractivity contribution in [2.24, 2.45) is 5.92 Å². The van der Waals surface area contributed by atoms with Crippen LogP contribution in [0.5, 0.6) is 0 Å². The number of unbranched alkanes of at least 4 members (excludes halogenated alkanes) is 1. The molecule has 1 N–H and O–H groups in total. The molecule has 21 heavy (non-hydrogen) atoms. The number of nitrogens with zero attached hydrogens (tertiary/aromatic N) is 2. The molecule has 4 nitrogen and oxygen atoms in total. The summed E-state index contributed by atoms with van der Waals surface area (Å²) in [6, 6.07) is 0.420. The molecule has 1 unspecified atom stereocenters. The molecule has 126 valence electrons. The lowest BCUT2D eigenvalue weighted by atomic mass is 10.0. The number of hydrogen-bond donors (Lipinski definition) is 1. The van der Waals surface area contributed by atoms with Gasteiger partial charge in [-0.25, -0.2) is 0 Å².